The molecule has 0 amide bonds. The van der Waals surface area contributed by atoms with Crippen LogP contribution in [0.25, 0.3) is 0 Å². The molecule has 0 spiro atoms. The van der Waals surface area contributed by atoms with E-state index in [1.54, 1.807) is 0 Å². The van der Waals surface area contributed by atoms with Crippen molar-refractivity contribution in [2.24, 2.45) is 5.73 Å². The van der Waals surface area contributed by atoms with E-state index in [1.807, 2.05) is 20.9 Å². The molecule has 0 aliphatic carbocycles. The first-order valence-corrected chi connectivity index (χ1v) is 8.42. The third kappa shape index (κ3) is 2.96. The first-order valence-electron chi connectivity index (χ1n) is 6.98. The van der Waals surface area contributed by atoms with E-state index in [-0.39, 0.29) is 29.1 Å². The normalized spacial score (nSPS) is 25.2. The number of halogens is 1. The van der Waals surface area contributed by atoms with E-state index in [9.17, 15) is 12.8 Å². The lowest BCUT2D eigenvalue weighted by Crippen LogP contribution is -2.56. The summed E-state index contributed by atoms with van der Waals surface area (Å²) in [6.45, 7) is 4.61. The molecule has 2 N–H and O–H groups in total. The zero-order chi connectivity index (χ0) is 15.8. The maximum Gasteiger partial charge on any atom is 0.243 e. The summed E-state index contributed by atoms with van der Waals surface area (Å²) >= 11 is 0. The van der Waals surface area contributed by atoms with Crippen LogP contribution in [0.1, 0.15) is 19.4 Å². The summed E-state index contributed by atoms with van der Waals surface area (Å²) in [6, 6.07) is 4.28. The molecule has 0 saturated carbocycles. The SMILES string of the molecule is CC1CN(S(=O)(=O)c2cccc(F)c2CN)CC(C)N1C. The summed E-state index contributed by atoms with van der Waals surface area (Å²) < 4.78 is 40.8. The molecule has 1 aliphatic heterocycles. The van der Waals surface area contributed by atoms with Crippen molar-refractivity contribution in [3.8, 4) is 0 Å². The Bertz CT molecular complexity index is 609. The average molecular weight is 315 g/mol. The van der Waals surface area contributed by atoms with Crippen molar-refractivity contribution in [2.45, 2.75) is 37.4 Å². The Morgan fingerprint density at radius 3 is 2.38 bits per heavy atom. The summed E-state index contributed by atoms with van der Waals surface area (Å²) in [7, 11) is -1.75. The molecule has 0 radical (unpaired) electrons. The summed E-state index contributed by atoms with van der Waals surface area (Å²) in [4.78, 5) is 2.12. The molecule has 2 unspecified atom stereocenters. The molecule has 0 bridgehead atoms. The van der Waals surface area contributed by atoms with Crippen LogP contribution in [-0.4, -0.2) is 49.8 Å². The van der Waals surface area contributed by atoms with Crippen molar-refractivity contribution in [3.05, 3.63) is 29.6 Å². The van der Waals surface area contributed by atoms with Crippen LogP contribution in [0.4, 0.5) is 4.39 Å². The number of nitrogens with two attached hydrogens (primary N) is 1. The summed E-state index contributed by atoms with van der Waals surface area (Å²) in [5.41, 5.74) is 5.58. The number of rotatable bonds is 3. The Morgan fingerprint density at radius 2 is 1.86 bits per heavy atom. The summed E-state index contributed by atoms with van der Waals surface area (Å²) in [5.74, 6) is -0.575. The molecule has 2 atom stereocenters. The van der Waals surface area contributed by atoms with Crippen molar-refractivity contribution in [2.75, 3.05) is 20.1 Å². The number of likely N-dealkylation sites (N-methyl/N-ethyl adjacent to an activating group) is 1. The highest BCUT2D eigenvalue weighted by molar-refractivity contribution is 7.89. The molecular weight excluding hydrogens is 293 g/mol. The minimum Gasteiger partial charge on any atom is -0.326 e. The van der Waals surface area contributed by atoms with E-state index in [4.69, 9.17) is 5.73 Å². The number of benzene rings is 1. The second kappa shape index (κ2) is 6.00. The Kier molecular flexibility index (Phi) is 4.67. The van der Waals surface area contributed by atoms with Gasteiger partial charge in [0, 0.05) is 37.3 Å². The molecule has 118 valence electrons. The highest BCUT2D eigenvalue weighted by Crippen LogP contribution is 2.25. The summed E-state index contributed by atoms with van der Waals surface area (Å²) in [6.07, 6.45) is 0. The highest BCUT2D eigenvalue weighted by atomic mass is 32.2. The molecule has 1 aliphatic rings. The number of nitrogens with zero attached hydrogens (tertiary/aromatic N) is 2. The Labute approximate surface area is 125 Å². The number of sulfonamides is 1. The molecule has 21 heavy (non-hydrogen) atoms. The second-order valence-corrected chi connectivity index (χ2v) is 7.51. The van der Waals surface area contributed by atoms with E-state index in [0.717, 1.165) is 0 Å². The van der Waals surface area contributed by atoms with Gasteiger partial charge in [0.15, 0.2) is 0 Å². The van der Waals surface area contributed by atoms with Gasteiger partial charge in [0.2, 0.25) is 10.0 Å². The average Bonchev–Trinajstić information content (AvgIpc) is 2.43. The van der Waals surface area contributed by atoms with Gasteiger partial charge < -0.3 is 5.73 Å². The van der Waals surface area contributed by atoms with E-state index in [1.165, 1.54) is 22.5 Å². The van der Waals surface area contributed by atoms with Gasteiger partial charge in [-0.1, -0.05) is 6.07 Å². The highest BCUT2D eigenvalue weighted by Gasteiger charge is 2.35. The second-order valence-electron chi connectivity index (χ2n) is 5.61. The van der Waals surface area contributed by atoms with Gasteiger partial charge in [-0.2, -0.15) is 4.31 Å². The van der Waals surface area contributed by atoms with E-state index in [2.05, 4.69) is 4.90 Å². The largest absolute Gasteiger partial charge is 0.326 e. The van der Waals surface area contributed by atoms with Crippen LogP contribution in [0, 0.1) is 5.82 Å². The number of piperazine rings is 1. The van der Waals surface area contributed by atoms with Gasteiger partial charge in [-0.3, -0.25) is 4.90 Å². The molecule has 1 aromatic carbocycles. The Balaban J connectivity index is 2.41. The smallest absolute Gasteiger partial charge is 0.243 e. The minimum atomic E-state index is -3.73. The molecular formula is C14H22FN3O2S. The van der Waals surface area contributed by atoms with Gasteiger partial charge in [0.1, 0.15) is 5.82 Å². The van der Waals surface area contributed by atoms with Crippen LogP contribution < -0.4 is 5.73 Å². The minimum absolute atomic E-state index is 0.0195. The summed E-state index contributed by atoms with van der Waals surface area (Å²) in [5, 5.41) is 0. The fourth-order valence-electron chi connectivity index (χ4n) is 2.67. The van der Waals surface area contributed by atoms with Gasteiger partial charge in [0.25, 0.3) is 0 Å². The van der Waals surface area contributed by atoms with Gasteiger partial charge >= 0.3 is 0 Å². The van der Waals surface area contributed by atoms with Gasteiger partial charge in [-0.15, -0.1) is 0 Å². The first-order chi connectivity index (χ1) is 9.78. The van der Waals surface area contributed by atoms with Crippen LogP contribution >= 0.6 is 0 Å². The van der Waals surface area contributed by atoms with Gasteiger partial charge in [-0.25, -0.2) is 12.8 Å². The van der Waals surface area contributed by atoms with Crippen molar-refractivity contribution in [1.82, 2.24) is 9.21 Å². The molecule has 2 rings (SSSR count). The lowest BCUT2D eigenvalue weighted by molar-refractivity contribution is 0.105. The van der Waals surface area contributed by atoms with Crippen LogP contribution in [0.3, 0.4) is 0 Å². The Hall–Kier alpha value is -1.02. The zero-order valence-corrected chi connectivity index (χ0v) is 13.4. The third-order valence-electron chi connectivity index (χ3n) is 4.22. The number of hydrogen-bond acceptors (Lipinski definition) is 4. The molecule has 1 fully saturated rings. The lowest BCUT2D eigenvalue weighted by Gasteiger charge is -2.41. The molecule has 0 aromatic heterocycles. The third-order valence-corrected chi connectivity index (χ3v) is 6.14. The zero-order valence-electron chi connectivity index (χ0n) is 12.6. The first kappa shape index (κ1) is 16.4. The molecule has 5 nitrogen and oxygen atoms in total. The topological polar surface area (TPSA) is 66.6 Å². The maximum atomic E-state index is 13.8. The molecule has 7 heteroatoms. The molecule has 1 saturated heterocycles. The van der Waals surface area contributed by atoms with Crippen LogP contribution in [0.2, 0.25) is 0 Å². The Morgan fingerprint density at radius 1 is 1.29 bits per heavy atom. The van der Waals surface area contributed by atoms with Crippen LogP contribution in [-0.2, 0) is 16.6 Å². The van der Waals surface area contributed by atoms with Gasteiger partial charge in [0.05, 0.1) is 4.90 Å². The fourth-order valence-corrected chi connectivity index (χ4v) is 4.51. The van der Waals surface area contributed by atoms with Crippen molar-refractivity contribution < 1.29 is 12.8 Å². The van der Waals surface area contributed by atoms with Crippen molar-refractivity contribution >= 4 is 10.0 Å². The maximum absolute atomic E-state index is 13.8. The van der Waals surface area contributed by atoms with Gasteiger partial charge in [-0.05, 0) is 33.0 Å². The lowest BCUT2D eigenvalue weighted by atomic mass is 10.1. The van der Waals surface area contributed by atoms with E-state index < -0.39 is 15.8 Å². The number of hydrogen-bond donors (Lipinski definition) is 1. The van der Waals surface area contributed by atoms with Crippen molar-refractivity contribution in [3.63, 3.8) is 0 Å². The molecule has 1 heterocycles. The predicted molar refractivity (Wildman–Crippen MR) is 79.7 cm³/mol. The van der Waals surface area contributed by atoms with E-state index >= 15 is 0 Å². The standard InChI is InChI=1S/C14H22FN3O2S/c1-10-8-18(9-11(2)17(10)3)21(19,20)14-6-4-5-13(15)12(14)7-16/h4-6,10-11H,7-9,16H2,1-3H3. The van der Waals surface area contributed by atoms with Crippen LogP contribution in [0.15, 0.2) is 23.1 Å². The molecule has 1 aromatic rings. The van der Waals surface area contributed by atoms with Crippen molar-refractivity contribution in [1.29, 1.82) is 0 Å². The predicted octanol–water partition coefficient (Wildman–Crippen LogP) is 0.998. The van der Waals surface area contributed by atoms with Crippen LogP contribution in [0.5, 0.6) is 0 Å². The van der Waals surface area contributed by atoms with E-state index in [0.29, 0.717) is 13.1 Å². The monoisotopic (exact) mass is 315 g/mol. The quantitative estimate of drug-likeness (QED) is 0.903. The fraction of sp³-hybridized carbons (Fsp3) is 0.571.